The van der Waals surface area contributed by atoms with E-state index in [1.807, 2.05) is 0 Å². The number of aromatic carboxylic acids is 1. The summed E-state index contributed by atoms with van der Waals surface area (Å²) in [6.07, 6.45) is 0.831. The average Bonchev–Trinajstić information content (AvgIpc) is 3.32. The Labute approximate surface area is 180 Å². The van der Waals surface area contributed by atoms with Crippen molar-refractivity contribution in [1.82, 2.24) is 0 Å². The van der Waals surface area contributed by atoms with Crippen LogP contribution in [0, 0.1) is 16.0 Å². The molecule has 3 aromatic rings. The monoisotopic (exact) mass is 442 g/mol. The molecule has 0 saturated heterocycles. The number of non-ortho nitro benzene ring substituents is 1. The number of hydrogen-bond acceptors (Lipinski definition) is 5. The van der Waals surface area contributed by atoms with E-state index >= 15 is 0 Å². The topological polar surface area (TPSA) is 110 Å². The van der Waals surface area contributed by atoms with Crippen molar-refractivity contribution < 1.29 is 19.6 Å². The van der Waals surface area contributed by atoms with Crippen LogP contribution in [-0.4, -0.2) is 21.9 Å². The van der Waals surface area contributed by atoms with Gasteiger partial charge in [-0.25, -0.2) is 4.79 Å². The molecule has 152 valence electrons. The molecular formula is C21H15ClN2O5S. The molecule has 0 fully saturated rings. The van der Waals surface area contributed by atoms with Gasteiger partial charge < -0.3 is 10.4 Å². The van der Waals surface area contributed by atoms with Gasteiger partial charge in [-0.2, -0.15) is 0 Å². The number of carboxylic acid groups (broad SMARTS) is 1. The summed E-state index contributed by atoms with van der Waals surface area (Å²) in [6, 6.07) is 11.4. The van der Waals surface area contributed by atoms with E-state index in [0.717, 1.165) is 22.5 Å². The van der Waals surface area contributed by atoms with Crippen LogP contribution in [0.4, 0.5) is 10.7 Å². The Bertz CT molecular complexity index is 1170. The highest BCUT2D eigenvalue weighted by atomic mass is 35.5. The van der Waals surface area contributed by atoms with Crippen molar-refractivity contribution in [2.75, 3.05) is 5.32 Å². The number of anilines is 1. The molecule has 4 rings (SSSR count). The Morgan fingerprint density at radius 3 is 2.50 bits per heavy atom. The number of amides is 1. The maximum atomic E-state index is 12.8. The summed E-state index contributed by atoms with van der Waals surface area (Å²) in [4.78, 5) is 35.2. The fraction of sp³-hybridized carbons (Fsp3) is 0.143. The predicted molar refractivity (Wildman–Crippen MR) is 114 cm³/mol. The van der Waals surface area contributed by atoms with E-state index in [-0.39, 0.29) is 22.2 Å². The highest BCUT2D eigenvalue weighted by Gasteiger charge is 2.30. The third-order valence-corrected chi connectivity index (χ3v) is 6.25. The van der Waals surface area contributed by atoms with Gasteiger partial charge in [-0.15, -0.1) is 11.3 Å². The van der Waals surface area contributed by atoms with Crippen molar-refractivity contribution in [3.05, 3.63) is 79.7 Å². The molecule has 1 unspecified atom stereocenters. The molecule has 2 aromatic carbocycles. The van der Waals surface area contributed by atoms with E-state index in [2.05, 4.69) is 5.32 Å². The van der Waals surface area contributed by atoms with Gasteiger partial charge in [0, 0.05) is 34.0 Å². The van der Waals surface area contributed by atoms with Crippen molar-refractivity contribution in [2.24, 2.45) is 5.92 Å². The smallest absolute Gasteiger partial charge is 0.339 e. The number of benzene rings is 2. The molecule has 7 nitrogen and oxygen atoms in total. The zero-order valence-corrected chi connectivity index (χ0v) is 17.0. The zero-order valence-electron chi connectivity index (χ0n) is 15.4. The number of rotatable bonds is 5. The fourth-order valence-corrected chi connectivity index (χ4v) is 4.71. The standard InChI is InChI=1S/C21H15ClN2O5S/c22-15-4-1-11(2-5-15)17-10-30-20(18(17)21(26)27)23-19(25)14-7-12-3-6-16(24(28)29)9-13(12)8-14/h1-6,9-10,14H,7-8H2,(H,23,25)(H,26,27). The number of thiophene rings is 1. The zero-order chi connectivity index (χ0) is 21.4. The number of halogens is 1. The van der Waals surface area contributed by atoms with Gasteiger partial charge in [0.05, 0.1) is 4.92 Å². The second-order valence-corrected chi connectivity index (χ2v) is 8.29. The first-order chi connectivity index (χ1) is 14.3. The molecule has 0 bridgehead atoms. The van der Waals surface area contributed by atoms with Gasteiger partial charge in [0.15, 0.2) is 0 Å². The lowest BCUT2D eigenvalue weighted by molar-refractivity contribution is -0.384. The van der Waals surface area contributed by atoms with Crippen molar-refractivity contribution in [2.45, 2.75) is 12.8 Å². The summed E-state index contributed by atoms with van der Waals surface area (Å²) >= 11 is 7.05. The first-order valence-electron chi connectivity index (χ1n) is 9.01. The van der Waals surface area contributed by atoms with Gasteiger partial charge >= 0.3 is 5.97 Å². The number of nitro benzene ring substituents is 1. The molecule has 1 atom stereocenters. The van der Waals surface area contributed by atoms with Crippen LogP contribution in [0.15, 0.2) is 47.8 Å². The van der Waals surface area contributed by atoms with Crippen molar-refractivity contribution in [1.29, 1.82) is 0 Å². The molecule has 1 aromatic heterocycles. The van der Waals surface area contributed by atoms with Crippen LogP contribution in [0.5, 0.6) is 0 Å². The van der Waals surface area contributed by atoms with Gasteiger partial charge in [-0.05, 0) is 41.7 Å². The van der Waals surface area contributed by atoms with Gasteiger partial charge in [0.2, 0.25) is 5.91 Å². The molecule has 1 amide bonds. The first-order valence-corrected chi connectivity index (χ1v) is 10.3. The lowest BCUT2D eigenvalue weighted by atomic mass is 10.0. The third-order valence-electron chi connectivity index (χ3n) is 5.10. The molecule has 0 spiro atoms. The Hall–Kier alpha value is -3.23. The van der Waals surface area contributed by atoms with Crippen molar-refractivity contribution >= 4 is 45.5 Å². The van der Waals surface area contributed by atoms with Gasteiger partial charge in [0.25, 0.3) is 5.69 Å². The Balaban J connectivity index is 1.56. The van der Waals surface area contributed by atoms with Crippen molar-refractivity contribution in [3.63, 3.8) is 0 Å². The van der Waals surface area contributed by atoms with E-state index in [0.29, 0.717) is 29.0 Å². The maximum Gasteiger partial charge on any atom is 0.339 e. The van der Waals surface area contributed by atoms with E-state index in [1.54, 1.807) is 35.7 Å². The molecule has 0 aliphatic heterocycles. The highest BCUT2D eigenvalue weighted by molar-refractivity contribution is 7.15. The minimum absolute atomic E-state index is 0.00571. The number of carbonyl (C=O) groups is 2. The Morgan fingerprint density at radius 1 is 1.13 bits per heavy atom. The van der Waals surface area contributed by atoms with Crippen LogP contribution in [0.3, 0.4) is 0 Å². The number of nitro groups is 1. The summed E-state index contributed by atoms with van der Waals surface area (Å²) in [7, 11) is 0. The van der Waals surface area contributed by atoms with Gasteiger partial charge in [-0.1, -0.05) is 29.8 Å². The lowest BCUT2D eigenvalue weighted by Gasteiger charge is -2.10. The quantitative estimate of drug-likeness (QED) is 0.425. The molecule has 1 heterocycles. The summed E-state index contributed by atoms with van der Waals surface area (Å²) in [6.45, 7) is 0. The number of nitrogens with zero attached hydrogens (tertiary/aromatic N) is 1. The Morgan fingerprint density at radius 2 is 1.83 bits per heavy atom. The van der Waals surface area contributed by atoms with Crippen LogP contribution in [0.1, 0.15) is 21.5 Å². The van der Waals surface area contributed by atoms with Crippen molar-refractivity contribution in [3.8, 4) is 11.1 Å². The lowest BCUT2D eigenvalue weighted by Crippen LogP contribution is -2.23. The fourth-order valence-electron chi connectivity index (χ4n) is 3.62. The summed E-state index contributed by atoms with van der Waals surface area (Å²) < 4.78 is 0. The SMILES string of the molecule is O=C(O)c1c(-c2ccc(Cl)cc2)csc1NC(=O)C1Cc2ccc([N+](=O)[O-])cc2C1. The van der Waals surface area contributed by atoms with E-state index < -0.39 is 16.8 Å². The summed E-state index contributed by atoms with van der Waals surface area (Å²) in [5.41, 5.74) is 2.89. The Kier molecular flexibility index (Phi) is 5.27. The number of fused-ring (bicyclic) bond motifs is 1. The minimum Gasteiger partial charge on any atom is -0.478 e. The molecule has 0 radical (unpaired) electrons. The molecule has 30 heavy (non-hydrogen) atoms. The van der Waals surface area contributed by atoms with Gasteiger partial charge in [0.1, 0.15) is 10.6 Å². The first kappa shape index (κ1) is 20.1. The molecule has 2 N–H and O–H groups in total. The average molecular weight is 443 g/mol. The third kappa shape index (κ3) is 3.79. The summed E-state index contributed by atoms with van der Waals surface area (Å²) in [5.74, 6) is -1.85. The van der Waals surface area contributed by atoms with Crippen LogP contribution >= 0.6 is 22.9 Å². The normalized spacial score (nSPS) is 14.9. The van der Waals surface area contributed by atoms with E-state index in [4.69, 9.17) is 11.6 Å². The molecule has 1 aliphatic rings. The molecule has 1 aliphatic carbocycles. The van der Waals surface area contributed by atoms with E-state index in [1.165, 1.54) is 12.1 Å². The van der Waals surface area contributed by atoms with Gasteiger partial charge in [-0.3, -0.25) is 14.9 Å². The highest BCUT2D eigenvalue weighted by Crippen LogP contribution is 2.37. The maximum absolute atomic E-state index is 12.8. The van der Waals surface area contributed by atoms with E-state index in [9.17, 15) is 24.8 Å². The second-order valence-electron chi connectivity index (χ2n) is 6.97. The number of carbonyl (C=O) groups excluding carboxylic acids is 1. The molecular weight excluding hydrogens is 428 g/mol. The van der Waals surface area contributed by atoms with Crippen LogP contribution in [0.25, 0.3) is 11.1 Å². The van der Waals surface area contributed by atoms with Crippen LogP contribution in [-0.2, 0) is 17.6 Å². The van der Waals surface area contributed by atoms with Crippen LogP contribution < -0.4 is 5.32 Å². The minimum atomic E-state index is -1.14. The second kappa shape index (κ2) is 7.89. The molecule has 0 saturated carbocycles. The molecule has 9 heteroatoms. The predicted octanol–water partition coefficient (Wildman–Crippen LogP) is 5.03. The largest absolute Gasteiger partial charge is 0.478 e. The number of carboxylic acids is 1. The van der Waals surface area contributed by atoms with Crippen LogP contribution in [0.2, 0.25) is 5.02 Å². The number of hydrogen-bond donors (Lipinski definition) is 2. The number of nitrogens with one attached hydrogen (secondary N) is 1. The summed E-state index contributed by atoms with van der Waals surface area (Å²) in [5, 5.41) is 25.9.